The Morgan fingerprint density at radius 1 is 1.10 bits per heavy atom. The van der Waals surface area contributed by atoms with Crippen molar-refractivity contribution in [2.24, 2.45) is 5.73 Å². The number of primary amides is 1. The van der Waals surface area contributed by atoms with E-state index in [1.54, 1.807) is 30.3 Å². The lowest BCUT2D eigenvalue weighted by Gasteiger charge is -2.06. The van der Waals surface area contributed by atoms with E-state index in [9.17, 15) is 14.0 Å². The van der Waals surface area contributed by atoms with Crippen LogP contribution in [0.1, 0.15) is 15.9 Å². The van der Waals surface area contributed by atoms with Crippen LogP contribution in [0.4, 0.5) is 10.1 Å². The molecule has 0 aliphatic heterocycles. The lowest BCUT2D eigenvalue weighted by Crippen LogP contribution is -2.16. The summed E-state index contributed by atoms with van der Waals surface area (Å²) in [6, 6.07) is 12.3. The van der Waals surface area contributed by atoms with Crippen LogP contribution in [0, 0.1) is 5.82 Å². The van der Waals surface area contributed by atoms with Gasteiger partial charge in [-0.3, -0.25) is 9.59 Å². The number of para-hydroxylation sites is 1. The summed E-state index contributed by atoms with van der Waals surface area (Å²) in [7, 11) is 0. The minimum Gasteiger partial charge on any atom is -0.366 e. The number of amides is 2. The molecule has 3 N–H and O–H groups in total. The first kappa shape index (κ1) is 14.5. The summed E-state index contributed by atoms with van der Waals surface area (Å²) in [5.74, 6) is -1.44. The first-order valence-electron chi connectivity index (χ1n) is 6.20. The Morgan fingerprint density at radius 2 is 1.86 bits per heavy atom. The molecule has 2 amide bonds. The molecule has 106 valence electrons. The zero-order valence-corrected chi connectivity index (χ0v) is 11.0. The fourth-order valence-electron chi connectivity index (χ4n) is 1.76. The Bertz CT molecular complexity index is 711. The summed E-state index contributed by atoms with van der Waals surface area (Å²) in [5.41, 5.74) is 6.34. The number of hydrogen-bond acceptors (Lipinski definition) is 2. The summed E-state index contributed by atoms with van der Waals surface area (Å²) in [4.78, 5) is 23.0. The molecule has 0 aliphatic carbocycles. The third kappa shape index (κ3) is 4.01. The van der Waals surface area contributed by atoms with Crippen LogP contribution in [0.15, 0.2) is 54.6 Å². The van der Waals surface area contributed by atoms with Crippen molar-refractivity contribution in [3.05, 3.63) is 71.6 Å². The van der Waals surface area contributed by atoms with Gasteiger partial charge < -0.3 is 11.1 Å². The number of anilines is 1. The van der Waals surface area contributed by atoms with Crippen molar-refractivity contribution in [3.8, 4) is 0 Å². The molecule has 0 aromatic heterocycles. The highest BCUT2D eigenvalue weighted by atomic mass is 19.1. The minimum absolute atomic E-state index is 0.227. The van der Waals surface area contributed by atoms with Crippen LogP contribution >= 0.6 is 0 Å². The Labute approximate surface area is 121 Å². The molecule has 0 bridgehead atoms. The first-order chi connectivity index (χ1) is 10.1. The van der Waals surface area contributed by atoms with Crippen LogP contribution in [0.5, 0.6) is 0 Å². The van der Waals surface area contributed by atoms with Crippen molar-refractivity contribution < 1.29 is 14.0 Å². The number of nitrogens with one attached hydrogen (secondary N) is 1. The van der Waals surface area contributed by atoms with Gasteiger partial charge in [0.05, 0.1) is 11.3 Å². The highest BCUT2D eigenvalue weighted by molar-refractivity contribution is 6.07. The topological polar surface area (TPSA) is 72.2 Å². The molecule has 0 heterocycles. The average molecular weight is 284 g/mol. The molecule has 0 aliphatic rings. The molecule has 0 atom stereocenters. The van der Waals surface area contributed by atoms with Gasteiger partial charge in [-0.1, -0.05) is 24.3 Å². The van der Waals surface area contributed by atoms with Gasteiger partial charge in [-0.2, -0.15) is 0 Å². The third-order valence-electron chi connectivity index (χ3n) is 2.73. The average Bonchev–Trinajstić information content (AvgIpc) is 2.45. The zero-order chi connectivity index (χ0) is 15.2. The second-order valence-electron chi connectivity index (χ2n) is 4.29. The van der Waals surface area contributed by atoms with Gasteiger partial charge in [0.1, 0.15) is 5.82 Å². The van der Waals surface area contributed by atoms with Gasteiger partial charge in [-0.25, -0.2) is 4.39 Å². The predicted molar refractivity (Wildman–Crippen MR) is 79.0 cm³/mol. The lowest BCUT2D eigenvalue weighted by molar-refractivity contribution is -0.111. The minimum atomic E-state index is -0.625. The monoisotopic (exact) mass is 284 g/mol. The fraction of sp³-hybridized carbons (Fsp3) is 0. The van der Waals surface area contributed by atoms with Gasteiger partial charge in [-0.05, 0) is 35.9 Å². The second kappa shape index (κ2) is 6.47. The summed E-state index contributed by atoms with van der Waals surface area (Å²) in [5, 5.41) is 2.56. The molecule has 0 saturated carbocycles. The van der Waals surface area contributed by atoms with Crippen LogP contribution in [-0.4, -0.2) is 11.8 Å². The van der Waals surface area contributed by atoms with E-state index >= 15 is 0 Å². The number of rotatable bonds is 4. The molecule has 5 heteroatoms. The lowest BCUT2D eigenvalue weighted by atomic mass is 10.1. The van der Waals surface area contributed by atoms with Gasteiger partial charge in [0.25, 0.3) is 5.91 Å². The van der Waals surface area contributed by atoms with Crippen molar-refractivity contribution in [3.63, 3.8) is 0 Å². The molecule has 0 unspecified atom stereocenters. The summed E-state index contributed by atoms with van der Waals surface area (Å²) in [6.45, 7) is 0. The first-order valence-corrected chi connectivity index (χ1v) is 6.20. The molecule has 0 saturated heterocycles. The van der Waals surface area contributed by atoms with Crippen molar-refractivity contribution >= 4 is 23.6 Å². The van der Waals surface area contributed by atoms with Crippen LogP contribution in [0.3, 0.4) is 0 Å². The van der Waals surface area contributed by atoms with Gasteiger partial charge >= 0.3 is 0 Å². The predicted octanol–water partition coefficient (Wildman–Crippen LogP) is 2.58. The van der Waals surface area contributed by atoms with Gasteiger partial charge in [0, 0.05) is 6.08 Å². The quantitative estimate of drug-likeness (QED) is 0.847. The van der Waals surface area contributed by atoms with Gasteiger partial charge in [-0.15, -0.1) is 0 Å². The zero-order valence-electron chi connectivity index (χ0n) is 11.0. The van der Waals surface area contributed by atoms with Crippen molar-refractivity contribution in [2.45, 2.75) is 0 Å². The van der Waals surface area contributed by atoms with E-state index in [0.29, 0.717) is 11.3 Å². The molecule has 0 radical (unpaired) electrons. The maximum Gasteiger partial charge on any atom is 0.250 e. The molecular weight excluding hydrogens is 271 g/mol. The highest BCUT2D eigenvalue weighted by Crippen LogP contribution is 2.14. The number of hydrogen-bond donors (Lipinski definition) is 2. The standard InChI is InChI=1S/C16H13FN2O2/c17-12-5-3-4-11(10-12)8-9-15(20)19-14-7-2-1-6-13(14)16(18)21/h1-10H,(H2,18,21)(H,19,20)/b9-8+. The summed E-state index contributed by atoms with van der Waals surface area (Å²) < 4.78 is 13.0. The van der Waals surface area contributed by atoms with E-state index in [1.165, 1.54) is 30.4 Å². The molecule has 2 rings (SSSR count). The number of benzene rings is 2. The van der Waals surface area contributed by atoms with Crippen molar-refractivity contribution in [1.82, 2.24) is 0 Å². The Hall–Kier alpha value is -2.95. The van der Waals surface area contributed by atoms with Crippen molar-refractivity contribution in [1.29, 1.82) is 0 Å². The largest absolute Gasteiger partial charge is 0.366 e. The Balaban J connectivity index is 2.10. The van der Waals surface area contributed by atoms with Crippen molar-refractivity contribution in [2.75, 3.05) is 5.32 Å². The Kier molecular flexibility index (Phi) is 4.46. The van der Waals surface area contributed by atoms with Gasteiger partial charge in [0.15, 0.2) is 0 Å². The van der Waals surface area contributed by atoms with E-state index in [0.717, 1.165) is 0 Å². The van der Waals surface area contributed by atoms with E-state index in [-0.39, 0.29) is 11.4 Å². The molecular formula is C16H13FN2O2. The maximum atomic E-state index is 13.0. The normalized spacial score (nSPS) is 10.5. The summed E-state index contributed by atoms with van der Waals surface area (Å²) in [6.07, 6.45) is 2.73. The number of nitrogens with two attached hydrogens (primary N) is 1. The number of halogens is 1. The van der Waals surface area contributed by atoms with E-state index in [1.807, 2.05) is 0 Å². The second-order valence-corrected chi connectivity index (χ2v) is 4.29. The van der Waals surface area contributed by atoms with Crippen LogP contribution in [-0.2, 0) is 4.79 Å². The van der Waals surface area contributed by atoms with E-state index in [2.05, 4.69) is 5.32 Å². The highest BCUT2D eigenvalue weighted by Gasteiger charge is 2.08. The molecule has 0 spiro atoms. The van der Waals surface area contributed by atoms with E-state index in [4.69, 9.17) is 5.73 Å². The summed E-state index contributed by atoms with van der Waals surface area (Å²) >= 11 is 0. The van der Waals surface area contributed by atoms with Crippen LogP contribution in [0.2, 0.25) is 0 Å². The van der Waals surface area contributed by atoms with Crippen LogP contribution < -0.4 is 11.1 Å². The molecule has 2 aromatic rings. The SMILES string of the molecule is NC(=O)c1ccccc1NC(=O)/C=C/c1cccc(F)c1. The fourth-order valence-corrected chi connectivity index (χ4v) is 1.76. The molecule has 2 aromatic carbocycles. The van der Waals surface area contributed by atoms with E-state index < -0.39 is 11.8 Å². The molecule has 21 heavy (non-hydrogen) atoms. The molecule has 0 fully saturated rings. The van der Waals surface area contributed by atoms with Crippen LogP contribution in [0.25, 0.3) is 6.08 Å². The van der Waals surface area contributed by atoms with Gasteiger partial charge in [0.2, 0.25) is 5.91 Å². The smallest absolute Gasteiger partial charge is 0.250 e. The number of carbonyl (C=O) groups is 2. The Morgan fingerprint density at radius 3 is 2.57 bits per heavy atom. The third-order valence-corrected chi connectivity index (χ3v) is 2.73. The number of carbonyl (C=O) groups excluding carboxylic acids is 2. The maximum absolute atomic E-state index is 13.0. The molecule has 4 nitrogen and oxygen atoms in total.